The third-order valence-electron chi connectivity index (χ3n) is 6.37. The van der Waals surface area contributed by atoms with E-state index < -0.39 is 0 Å². The summed E-state index contributed by atoms with van der Waals surface area (Å²) < 4.78 is 18.0. The molecule has 3 heterocycles. The number of nitrogens with zero attached hydrogens (tertiary/aromatic N) is 2. The smallest absolute Gasteiger partial charge is 0.262 e. The molecule has 10 nitrogen and oxygen atoms in total. The summed E-state index contributed by atoms with van der Waals surface area (Å²) in [5.74, 6) is 0.801. The molecule has 11 heteroatoms. The number of benzene rings is 2. The van der Waals surface area contributed by atoms with Crippen molar-refractivity contribution in [2.24, 2.45) is 0 Å². The maximum Gasteiger partial charge on any atom is 0.262 e. The summed E-state index contributed by atoms with van der Waals surface area (Å²) >= 11 is 1.13. The maximum absolute atomic E-state index is 13.5. The lowest BCUT2D eigenvalue weighted by Gasteiger charge is -2.14. The Morgan fingerprint density at radius 1 is 1.18 bits per heavy atom. The van der Waals surface area contributed by atoms with E-state index in [2.05, 4.69) is 10.6 Å². The number of fused-ring (bicyclic) bond motifs is 1. The SMILES string of the molecule is CCOc1ccc(NC(=O)CSc2nc3cc(C(=O)NC[C@@H]4CCCO4)ccc3c(=O)n2Cc2ccco2)cc1. The number of carbonyl (C=O) groups is 2. The largest absolute Gasteiger partial charge is 0.494 e. The molecule has 1 aliphatic rings. The molecule has 2 aromatic carbocycles. The zero-order valence-corrected chi connectivity index (χ0v) is 22.9. The molecule has 208 valence electrons. The van der Waals surface area contributed by atoms with Gasteiger partial charge in [-0.2, -0.15) is 0 Å². The van der Waals surface area contributed by atoms with Crippen LogP contribution in [0.25, 0.3) is 10.9 Å². The predicted molar refractivity (Wildman–Crippen MR) is 152 cm³/mol. The molecule has 1 saturated heterocycles. The molecule has 0 bridgehead atoms. The summed E-state index contributed by atoms with van der Waals surface area (Å²) in [6.45, 7) is 3.76. The Morgan fingerprint density at radius 3 is 2.75 bits per heavy atom. The quantitative estimate of drug-likeness (QED) is 0.207. The Bertz CT molecular complexity index is 1530. The highest BCUT2D eigenvalue weighted by molar-refractivity contribution is 7.99. The van der Waals surface area contributed by atoms with Crippen LogP contribution in [0.1, 0.15) is 35.9 Å². The molecule has 2 aromatic heterocycles. The fourth-order valence-corrected chi connectivity index (χ4v) is 5.19. The molecule has 0 spiro atoms. The second kappa shape index (κ2) is 12.8. The summed E-state index contributed by atoms with van der Waals surface area (Å²) in [6, 6.07) is 15.4. The van der Waals surface area contributed by atoms with Crippen LogP contribution in [0.4, 0.5) is 5.69 Å². The molecule has 0 aliphatic carbocycles. The molecule has 0 radical (unpaired) electrons. The van der Waals surface area contributed by atoms with Crippen molar-refractivity contribution < 1.29 is 23.5 Å². The van der Waals surface area contributed by atoms with Crippen molar-refractivity contribution in [1.82, 2.24) is 14.9 Å². The van der Waals surface area contributed by atoms with Gasteiger partial charge in [0.15, 0.2) is 5.16 Å². The molecule has 2 N–H and O–H groups in total. The molecule has 40 heavy (non-hydrogen) atoms. The first-order valence-corrected chi connectivity index (χ1v) is 14.1. The van der Waals surface area contributed by atoms with Crippen molar-refractivity contribution >= 4 is 40.2 Å². The van der Waals surface area contributed by atoms with Crippen molar-refractivity contribution in [3.63, 3.8) is 0 Å². The van der Waals surface area contributed by atoms with Gasteiger partial charge in [0.2, 0.25) is 5.91 Å². The van der Waals surface area contributed by atoms with Gasteiger partial charge in [0.05, 0.1) is 42.2 Å². The van der Waals surface area contributed by atoms with Crippen LogP contribution in [0.15, 0.2) is 75.2 Å². The molecule has 0 saturated carbocycles. The topological polar surface area (TPSA) is 125 Å². The number of nitrogens with one attached hydrogen (secondary N) is 2. The highest BCUT2D eigenvalue weighted by Crippen LogP contribution is 2.22. The van der Waals surface area contributed by atoms with Gasteiger partial charge in [-0.15, -0.1) is 0 Å². The van der Waals surface area contributed by atoms with Gasteiger partial charge in [-0.25, -0.2) is 4.98 Å². The van der Waals surface area contributed by atoms with E-state index in [4.69, 9.17) is 18.9 Å². The van der Waals surface area contributed by atoms with Crippen LogP contribution in [0, 0.1) is 0 Å². The van der Waals surface area contributed by atoms with Crippen molar-refractivity contribution in [3.05, 3.63) is 82.5 Å². The van der Waals surface area contributed by atoms with E-state index in [1.807, 2.05) is 6.92 Å². The third-order valence-corrected chi connectivity index (χ3v) is 7.35. The molecule has 0 unspecified atom stereocenters. The lowest BCUT2D eigenvalue weighted by Crippen LogP contribution is -2.31. The zero-order chi connectivity index (χ0) is 27.9. The predicted octanol–water partition coefficient (Wildman–Crippen LogP) is 4.08. The summed E-state index contributed by atoms with van der Waals surface area (Å²) in [5.41, 5.74) is 1.11. The number of rotatable bonds is 11. The molecular formula is C29H30N4O6S. The summed E-state index contributed by atoms with van der Waals surface area (Å²) in [5, 5.41) is 6.45. The average molecular weight is 563 g/mol. The van der Waals surface area contributed by atoms with E-state index in [0.29, 0.717) is 52.8 Å². The van der Waals surface area contributed by atoms with Crippen LogP contribution in [0.5, 0.6) is 5.75 Å². The molecule has 1 fully saturated rings. The van der Waals surface area contributed by atoms with Crippen molar-refractivity contribution in [2.45, 2.75) is 37.6 Å². The number of hydrogen-bond donors (Lipinski definition) is 2. The zero-order valence-electron chi connectivity index (χ0n) is 22.1. The van der Waals surface area contributed by atoms with Crippen LogP contribution in [0.2, 0.25) is 0 Å². The van der Waals surface area contributed by atoms with E-state index in [9.17, 15) is 14.4 Å². The van der Waals surface area contributed by atoms with Crippen LogP contribution >= 0.6 is 11.8 Å². The first-order chi connectivity index (χ1) is 19.5. The molecule has 2 amide bonds. The van der Waals surface area contributed by atoms with Crippen LogP contribution in [-0.4, -0.2) is 53.0 Å². The number of ether oxygens (including phenoxy) is 2. The van der Waals surface area contributed by atoms with Gasteiger partial charge in [0.1, 0.15) is 11.5 Å². The summed E-state index contributed by atoms with van der Waals surface area (Å²) in [4.78, 5) is 43.7. The van der Waals surface area contributed by atoms with Gasteiger partial charge in [0, 0.05) is 24.4 Å². The van der Waals surface area contributed by atoms with Crippen LogP contribution in [0.3, 0.4) is 0 Å². The summed E-state index contributed by atoms with van der Waals surface area (Å²) in [7, 11) is 0. The standard InChI is InChI=1S/C29H30N4O6S/c1-2-37-21-10-8-20(9-11-21)31-26(34)18-40-29-32-25-15-19(27(35)30-16-22-5-3-13-38-22)7-12-24(25)28(36)33(29)17-23-6-4-14-39-23/h4,6-12,14-15,22H,2-3,5,13,16-18H2,1H3,(H,30,35)(H,31,34)/t22-/m0/s1. The van der Waals surface area contributed by atoms with Crippen LogP contribution in [-0.2, 0) is 16.1 Å². The minimum Gasteiger partial charge on any atom is -0.494 e. The number of hydrogen-bond acceptors (Lipinski definition) is 8. The molecule has 1 aliphatic heterocycles. The van der Waals surface area contributed by atoms with Crippen LogP contribution < -0.4 is 20.9 Å². The van der Waals surface area contributed by atoms with Crippen molar-refractivity contribution in [1.29, 1.82) is 0 Å². The molecule has 4 aromatic rings. The third kappa shape index (κ3) is 6.72. The van der Waals surface area contributed by atoms with E-state index in [1.54, 1.807) is 54.6 Å². The molecular weight excluding hydrogens is 532 g/mol. The number of amides is 2. The van der Waals surface area contributed by atoms with Gasteiger partial charge in [-0.1, -0.05) is 11.8 Å². The Balaban J connectivity index is 1.36. The Morgan fingerprint density at radius 2 is 2.02 bits per heavy atom. The number of carbonyl (C=O) groups excluding carboxylic acids is 2. The van der Waals surface area contributed by atoms with E-state index in [1.165, 1.54) is 10.8 Å². The van der Waals surface area contributed by atoms with Gasteiger partial charge < -0.3 is 24.5 Å². The normalized spacial score (nSPS) is 14.8. The minimum absolute atomic E-state index is 0.0187. The van der Waals surface area contributed by atoms with Crippen molar-refractivity contribution in [3.8, 4) is 5.75 Å². The Hall–Kier alpha value is -4.09. The van der Waals surface area contributed by atoms with E-state index in [0.717, 1.165) is 30.4 Å². The number of aromatic nitrogens is 2. The first-order valence-electron chi connectivity index (χ1n) is 13.1. The Labute approximate surface area is 235 Å². The fraction of sp³-hybridized carbons (Fsp3) is 0.310. The number of thioether (sulfide) groups is 1. The van der Waals surface area contributed by atoms with E-state index >= 15 is 0 Å². The number of anilines is 1. The molecule has 5 rings (SSSR count). The highest BCUT2D eigenvalue weighted by Gasteiger charge is 2.19. The molecule has 1 atom stereocenters. The minimum atomic E-state index is -0.290. The second-order valence-corrected chi connectivity index (χ2v) is 10.2. The van der Waals surface area contributed by atoms with Gasteiger partial charge in [-0.3, -0.25) is 19.0 Å². The monoisotopic (exact) mass is 562 g/mol. The number of furan rings is 1. The Kier molecular flexibility index (Phi) is 8.82. The first kappa shape index (κ1) is 27.5. The van der Waals surface area contributed by atoms with Gasteiger partial charge in [0.25, 0.3) is 11.5 Å². The lowest BCUT2D eigenvalue weighted by atomic mass is 10.1. The summed E-state index contributed by atoms with van der Waals surface area (Å²) in [6.07, 6.45) is 3.46. The van der Waals surface area contributed by atoms with E-state index in [-0.39, 0.29) is 35.8 Å². The van der Waals surface area contributed by atoms with Crippen molar-refractivity contribution in [2.75, 3.05) is 30.8 Å². The highest BCUT2D eigenvalue weighted by atomic mass is 32.2. The fourth-order valence-electron chi connectivity index (χ4n) is 4.39. The van der Waals surface area contributed by atoms with Gasteiger partial charge in [-0.05, 0) is 74.4 Å². The average Bonchev–Trinajstić information content (AvgIpc) is 3.68. The maximum atomic E-state index is 13.5. The second-order valence-electron chi connectivity index (χ2n) is 9.24. The lowest BCUT2D eigenvalue weighted by molar-refractivity contribution is -0.113. The van der Waals surface area contributed by atoms with Gasteiger partial charge >= 0.3 is 0 Å².